The van der Waals surface area contributed by atoms with Crippen molar-refractivity contribution >= 4 is 23.9 Å². The van der Waals surface area contributed by atoms with Crippen LogP contribution in [0, 0.1) is 34.5 Å². The van der Waals surface area contributed by atoms with E-state index in [2.05, 4.69) is 19.2 Å². The first-order valence-electron chi connectivity index (χ1n) is 19.3. The minimum atomic E-state index is -0.910. The molecule has 3 fully saturated rings. The van der Waals surface area contributed by atoms with Crippen LogP contribution in [0.25, 0.3) is 0 Å². The summed E-state index contributed by atoms with van der Waals surface area (Å²) in [4.78, 5) is 56.1. The molecule has 0 radical (unpaired) electrons. The number of fused-ring (bicyclic) bond motifs is 2. The molecule has 4 rings (SSSR count). The second-order valence-corrected chi connectivity index (χ2v) is 16.6. The van der Waals surface area contributed by atoms with Gasteiger partial charge in [0.05, 0.1) is 43.8 Å². The van der Waals surface area contributed by atoms with E-state index in [-0.39, 0.29) is 42.9 Å². The summed E-state index contributed by atoms with van der Waals surface area (Å²) in [7, 11) is 4.67. The minimum absolute atomic E-state index is 0.0109. The maximum absolute atomic E-state index is 14.1. The molecule has 3 heterocycles. The fourth-order valence-corrected chi connectivity index (χ4v) is 7.83. The summed E-state index contributed by atoms with van der Waals surface area (Å²) in [5.74, 6) is 0.191. The summed E-state index contributed by atoms with van der Waals surface area (Å²) >= 11 is 0. The Morgan fingerprint density at radius 3 is 2.41 bits per heavy atom. The Morgan fingerprint density at radius 2 is 1.78 bits per heavy atom. The van der Waals surface area contributed by atoms with Gasteiger partial charge >= 0.3 is 12.1 Å². The van der Waals surface area contributed by atoms with Crippen LogP contribution in [0.2, 0.25) is 0 Å². The number of methoxy groups -OCH3 is 3. The van der Waals surface area contributed by atoms with Crippen molar-refractivity contribution in [3.8, 4) is 11.5 Å². The third-order valence-electron chi connectivity index (χ3n) is 11.7. The van der Waals surface area contributed by atoms with Crippen molar-refractivity contribution < 1.29 is 47.6 Å². The van der Waals surface area contributed by atoms with E-state index in [1.807, 2.05) is 36.9 Å². The van der Waals surface area contributed by atoms with Crippen LogP contribution in [0.4, 0.5) is 4.79 Å². The number of nitrogens with one attached hydrogen (secondary N) is 1. The number of nitrogens with two attached hydrogens (primary N) is 1. The molecule has 0 spiro atoms. The Morgan fingerprint density at radius 1 is 1.04 bits per heavy atom. The smallest absolute Gasteiger partial charge is 0.413 e. The van der Waals surface area contributed by atoms with Gasteiger partial charge in [-0.05, 0) is 75.0 Å². The highest BCUT2D eigenvalue weighted by atomic mass is 16.6. The Labute approximate surface area is 321 Å². The summed E-state index contributed by atoms with van der Waals surface area (Å²) in [6.07, 6.45) is 1.94. The lowest BCUT2D eigenvalue weighted by Crippen LogP contribution is -2.47. The molecule has 14 heteroatoms. The number of esters is 1. The van der Waals surface area contributed by atoms with E-state index in [4.69, 9.17) is 34.2 Å². The lowest BCUT2D eigenvalue weighted by Gasteiger charge is -2.34. The first-order chi connectivity index (χ1) is 25.5. The summed E-state index contributed by atoms with van der Waals surface area (Å²) < 4.78 is 34.5. The van der Waals surface area contributed by atoms with Crippen molar-refractivity contribution in [1.82, 2.24) is 15.1 Å². The highest BCUT2D eigenvalue weighted by molar-refractivity contribution is 5.83. The maximum atomic E-state index is 14.1. The number of nitrogens with zero attached hydrogens (tertiary/aromatic N) is 2. The molecule has 3 amide bonds. The van der Waals surface area contributed by atoms with Gasteiger partial charge < -0.3 is 39.5 Å². The van der Waals surface area contributed by atoms with Crippen molar-refractivity contribution in [2.75, 3.05) is 60.9 Å². The van der Waals surface area contributed by atoms with Gasteiger partial charge in [0.25, 0.3) is 0 Å². The molecule has 7 atom stereocenters. The summed E-state index contributed by atoms with van der Waals surface area (Å²) in [5.41, 5.74) is 5.06. The summed E-state index contributed by atoms with van der Waals surface area (Å²) in [6, 6.07) is 5.58. The largest absolute Gasteiger partial charge is 0.493 e. The number of carbonyl (C=O) groups excluding carboxylic acids is 4. The van der Waals surface area contributed by atoms with Crippen LogP contribution in [0.3, 0.4) is 0 Å². The fraction of sp³-hybridized carbons (Fsp3) is 0.750. The zero-order valence-corrected chi connectivity index (χ0v) is 33.8. The molecular weight excluding hydrogens is 696 g/mol. The topological polar surface area (TPSA) is 168 Å². The van der Waals surface area contributed by atoms with Crippen molar-refractivity contribution in [3.63, 3.8) is 0 Å². The molecule has 3 aliphatic rings. The second kappa shape index (κ2) is 18.8. The molecule has 1 aromatic rings. The quantitative estimate of drug-likeness (QED) is 0.143. The molecule has 0 saturated carbocycles. The van der Waals surface area contributed by atoms with E-state index < -0.39 is 47.1 Å². The summed E-state index contributed by atoms with van der Waals surface area (Å²) in [6.45, 7) is 14.0. The van der Waals surface area contributed by atoms with E-state index in [0.717, 1.165) is 12.0 Å². The molecule has 3 saturated heterocycles. The number of hydrogen-bond donors (Lipinski definition) is 2. The van der Waals surface area contributed by atoms with E-state index in [9.17, 15) is 19.2 Å². The highest BCUT2D eigenvalue weighted by Crippen LogP contribution is 2.46. The van der Waals surface area contributed by atoms with Gasteiger partial charge in [0.1, 0.15) is 6.73 Å². The van der Waals surface area contributed by atoms with Crippen molar-refractivity contribution in [2.24, 2.45) is 40.2 Å². The zero-order chi connectivity index (χ0) is 39.8. The SMILES string of the molecule is COCCCOc1cc(C[C@@H](C[C@H]2[C@H](C[C@H](C(=O)NCC(C)(C)C(N)=O)C(C)C)OCN2C(=O)OC2CC3(C(=O)OC)CCN2C3)C(C)C)ccc1OC. The van der Waals surface area contributed by atoms with Crippen molar-refractivity contribution in [2.45, 2.75) is 98.4 Å². The third-order valence-corrected chi connectivity index (χ3v) is 11.7. The molecule has 2 bridgehead atoms. The number of primary amides is 1. The first-order valence-corrected chi connectivity index (χ1v) is 19.3. The number of rotatable bonds is 20. The lowest BCUT2D eigenvalue weighted by atomic mass is 9.80. The van der Waals surface area contributed by atoms with E-state index in [1.54, 1.807) is 33.0 Å². The predicted octanol–water partition coefficient (Wildman–Crippen LogP) is 4.36. The molecule has 304 valence electrons. The van der Waals surface area contributed by atoms with Crippen LogP contribution in [0.1, 0.15) is 79.2 Å². The Bertz CT molecular complexity index is 1450. The van der Waals surface area contributed by atoms with Gasteiger partial charge in [-0.25, -0.2) is 4.79 Å². The molecule has 0 aliphatic carbocycles. The average molecular weight is 761 g/mol. The molecule has 3 unspecified atom stereocenters. The number of hydrogen-bond acceptors (Lipinski definition) is 11. The number of ether oxygens (including phenoxy) is 6. The first kappa shape index (κ1) is 43.1. The number of piperidine rings is 1. The van der Waals surface area contributed by atoms with Gasteiger partial charge in [0, 0.05) is 52.1 Å². The molecule has 54 heavy (non-hydrogen) atoms. The van der Waals surface area contributed by atoms with Gasteiger partial charge in [-0.3, -0.25) is 24.2 Å². The zero-order valence-electron chi connectivity index (χ0n) is 33.8. The highest BCUT2D eigenvalue weighted by Gasteiger charge is 2.57. The second-order valence-electron chi connectivity index (χ2n) is 16.6. The molecule has 0 aromatic heterocycles. The van der Waals surface area contributed by atoms with E-state index >= 15 is 0 Å². The van der Waals surface area contributed by atoms with Crippen LogP contribution < -0.4 is 20.5 Å². The number of amides is 3. The van der Waals surface area contributed by atoms with Gasteiger partial charge in [0.2, 0.25) is 11.8 Å². The molecule has 3 N–H and O–H groups in total. The molecular formula is C40H64N4O10. The van der Waals surface area contributed by atoms with Crippen LogP contribution in [0.5, 0.6) is 11.5 Å². The number of carbonyl (C=O) groups is 4. The Kier molecular flexibility index (Phi) is 15.0. The standard InChI is InChI=1S/C40H64N4O10/c1-25(2)28(17-27-11-12-31(50-8)33(18-27)52-16-10-15-49-7)19-30-32(20-29(26(3)4)35(45)42-22-39(5,6)36(41)46)53-24-44(30)38(48)54-34-21-40(37(47)51-9)13-14-43(34)23-40/h11-12,18,25-26,28-30,32,34H,10,13-17,19-24H2,1-9H3,(H2,41,46)(H,42,45)/t28-,29-,30-,32-,34?,40?/m0/s1. The number of benzene rings is 1. The third kappa shape index (κ3) is 10.4. The summed E-state index contributed by atoms with van der Waals surface area (Å²) in [5, 5.41) is 2.94. The van der Waals surface area contributed by atoms with E-state index in [0.29, 0.717) is 69.9 Å². The van der Waals surface area contributed by atoms with Crippen LogP contribution >= 0.6 is 0 Å². The average Bonchev–Trinajstić information content (AvgIpc) is 3.84. The Hall–Kier alpha value is -3.62. The monoisotopic (exact) mass is 760 g/mol. The van der Waals surface area contributed by atoms with Gasteiger partial charge in [-0.15, -0.1) is 0 Å². The van der Waals surface area contributed by atoms with Crippen LogP contribution in [-0.4, -0.2) is 113 Å². The van der Waals surface area contributed by atoms with Gasteiger partial charge in [-0.1, -0.05) is 33.8 Å². The maximum Gasteiger partial charge on any atom is 0.413 e. The molecule has 3 aliphatic heterocycles. The molecule has 1 aromatic carbocycles. The van der Waals surface area contributed by atoms with Gasteiger partial charge in [0.15, 0.2) is 17.7 Å². The normalized spacial score (nSPS) is 24.8. The minimum Gasteiger partial charge on any atom is -0.493 e. The van der Waals surface area contributed by atoms with Crippen molar-refractivity contribution in [3.05, 3.63) is 23.8 Å². The van der Waals surface area contributed by atoms with Crippen molar-refractivity contribution in [1.29, 1.82) is 0 Å². The predicted molar refractivity (Wildman–Crippen MR) is 201 cm³/mol. The fourth-order valence-electron chi connectivity index (χ4n) is 7.83. The lowest BCUT2D eigenvalue weighted by molar-refractivity contribution is -0.152. The van der Waals surface area contributed by atoms with Crippen LogP contribution in [-0.2, 0) is 39.8 Å². The van der Waals surface area contributed by atoms with Crippen LogP contribution in [0.15, 0.2) is 18.2 Å². The Balaban J connectivity index is 1.57. The van der Waals surface area contributed by atoms with Gasteiger partial charge in [-0.2, -0.15) is 0 Å². The molecule has 14 nitrogen and oxygen atoms in total. The van der Waals surface area contributed by atoms with E-state index in [1.165, 1.54) is 7.11 Å².